The highest BCUT2D eigenvalue weighted by molar-refractivity contribution is 14.1. The summed E-state index contributed by atoms with van der Waals surface area (Å²) < 4.78 is 0.0510. The molecule has 50 valence electrons. The summed E-state index contributed by atoms with van der Waals surface area (Å²) in [4.78, 5) is 15.5. The van der Waals surface area contributed by atoms with Gasteiger partial charge in [0.1, 0.15) is 5.76 Å². The molecule has 1 N–H and O–H groups in total. The predicted molar refractivity (Wildman–Crippen MR) is 40.8 cm³/mol. The maximum Gasteiger partial charge on any atom is 0.223 e. The zero-order chi connectivity index (χ0) is 6.85. The summed E-state index contributed by atoms with van der Waals surface area (Å²) in [6.07, 6.45) is 0. The lowest BCUT2D eigenvalue weighted by Gasteiger charge is -1.90. The minimum absolute atomic E-state index is 0.0510. The van der Waals surface area contributed by atoms with E-state index in [9.17, 15) is 4.79 Å². The Morgan fingerprint density at radius 3 is 2.78 bits per heavy atom. The molecule has 0 aromatic heterocycles. The second-order valence-electron chi connectivity index (χ2n) is 1.73. The van der Waals surface area contributed by atoms with Crippen LogP contribution in [0.1, 0.15) is 6.92 Å². The van der Waals surface area contributed by atoms with Crippen molar-refractivity contribution in [2.45, 2.75) is 6.92 Å². The molecule has 1 heterocycles. The fraction of sp³-hybridized carbons (Fsp3) is 0.400. The van der Waals surface area contributed by atoms with Crippen LogP contribution in [0.5, 0.6) is 0 Å². The zero-order valence-corrected chi connectivity index (χ0v) is 7.06. The molecule has 0 aliphatic carbocycles. The van der Waals surface area contributed by atoms with Crippen molar-refractivity contribution in [2.24, 2.45) is 0 Å². The fourth-order valence-corrected chi connectivity index (χ4v) is 1.18. The molecule has 0 bridgehead atoms. The van der Waals surface area contributed by atoms with Crippen LogP contribution in [0.15, 0.2) is 11.3 Å². The minimum atomic E-state index is 0.0510. The Morgan fingerprint density at radius 2 is 2.56 bits per heavy atom. The first-order valence-corrected chi connectivity index (χ1v) is 3.59. The van der Waals surface area contributed by atoms with E-state index in [4.69, 9.17) is 4.84 Å². The van der Waals surface area contributed by atoms with Crippen LogP contribution in [0, 0.1) is 0 Å². The fourth-order valence-electron chi connectivity index (χ4n) is 0.610. The van der Waals surface area contributed by atoms with Gasteiger partial charge in [0.25, 0.3) is 0 Å². The van der Waals surface area contributed by atoms with Gasteiger partial charge in [0, 0.05) is 22.6 Å². The molecule has 0 amide bonds. The number of hydrogen-bond acceptors (Lipinski definition) is 3. The molecule has 0 saturated carbocycles. The third-order valence-electron chi connectivity index (χ3n) is 1.14. The SMILES string of the molecule is CC1=C(C(=O)I)CNO1. The van der Waals surface area contributed by atoms with Gasteiger partial charge in [0.15, 0.2) is 0 Å². The molecule has 0 spiro atoms. The average molecular weight is 239 g/mol. The van der Waals surface area contributed by atoms with Gasteiger partial charge in [0.05, 0.1) is 12.1 Å². The van der Waals surface area contributed by atoms with Crippen molar-refractivity contribution in [3.8, 4) is 0 Å². The van der Waals surface area contributed by atoms with Crippen molar-refractivity contribution >= 4 is 26.4 Å². The molecule has 9 heavy (non-hydrogen) atoms. The Hall–Kier alpha value is -0.100. The van der Waals surface area contributed by atoms with Crippen molar-refractivity contribution in [2.75, 3.05) is 6.54 Å². The topological polar surface area (TPSA) is 38.3 Å². The molecule has 0 unspecified atom stereocenters. The Bertz CT molecular complexity index is 176. The summed E-state index contributed by atoms with van der Waals surface area (Å²) in [5.41, 5.74) is 3.34. The van der Waals surface area contributed by atoms with E-state index in [-0.39, 0.29) is 3.79 Å². The second-order valence-corrected chi connectivity index (χ2v) is 2.71. The van der Waals surface area contributed by atoms with Gasteiger partial charge in [-0.1, -0.05) is 0 Å². The van der Waals surface area contributed by atoms with E-state index in [1.807, 2.05) is 0 Å². The van der Waals surface area contributed by atoms with Crippen LogP contribution < -0.4 is 5.48 Å². The lowest BCUT2D eigenvalue weighted by atomic mass is 10.3. The van der Waals surface area contributed by atoms with Gasteiger partial charge in [-0.15, -0.1) is 0 Å². The van der Waals surface area contributed by atoms with Crippen molar-refractivity contribution in [3.05, 3.63) is 11.3 Å². The van der Waals surface area contributed by atoms with Crippen LogP contribution >= 0.6 is 22.6 Å². The molecule has 0 atom stereocenters. The van der Waals surface area contributed by atoms with Crippen molar-refractivity contribution < 1.29 is 9.63 Å². The van der Waals surface area contributed by atoms with E-state index in [2.05, 4.69) is 5.48 Å². The van der Waals surface area contributed by atoms with Gasteiger partial charge >= 0.3 is 0 Å². The number of hydroxylamine groups is 1. The Morgan fingerprint density at radius 1 is 1.89 bits per heavy atom. The normalized spacial score (nSPS) is 18.0. The molecule has 0 aromatic carbocycles. The molecule has 3 nitrogen and oxygen atoms in total. The lowest BCUT2D eigenvalue weighted by molar-refractivity contribution is -0.106. The lowest BCUT2D eigenvalue weighted by Crippen LogP contribution is -2.08. The van der Waals surface area contributed by atoms with E-state index in [1.165, 1.54) is 0 Å². The van der Waals surface area contributed by atoms with Gasteiger partial charge in [-0.25, -0.2) is 0 Å². The van der Waals surface area contributed by atoms with Gasteiger partial charge in [-0.05, 0) is 6.92 Å². The smallest absolute Gasteiger partial charge is 0.223 e. The number of carbonyl (C=O) groups excluding carboxylic acids is 1. The number of nitrogens with one attached hydrogen (secondary N) is 1. The summed E-state index contributed by atoms with van der Waals surface area (Å²) in [6, 6.07) is 0. The van der Waals surface area contributed by atoms with Gasteiger partial charge < -0.3 is 4.84 Å². The standard InChI is InChI=1S/C5H6INO2/c1-3-4(5(6)8)2-7-9-3/h7H,2H2,1H3. The number of carbonyl (C=O) groups is 1. The summed E-state index contributed by atoms with van der Waals surface area (Å²) in [7, 11) is 0. The van der Waals surface area contributed by atoms with E-state index >= 15 is 0 Å². The number of allylic oxidation sites excluding steroid dienone is 1. The van der Waals surface area contributed by atoms with E-state index < -0.39 is 0 Å². The average Bonchev–Trinajstić information content (AvgIpc) is 2.13. The molecule has 4 heteroatoms. The monoisotopic (exact) mass is 239 g/mol. The Labute approximate surface area is 66.5 Å². The minimum Gasteiger partial charge on any atom is -0.413 e. The molecular formula is C5H6INO2. The summed E-state index contributed by atoms with van der Waals surface area (Å²) in [5, 5.41) is 0. The quantitative estimate of drug-likeness (QED) is 0.542. The summed E-state index contributed by atoms with van der Waals surface area (Å²) in [6.45, 7) is 2.31. The maximum atomic E-state index is 10.7. The molecule has 1 rings (SSSR count). The van der Waals surface area contributed by atoms with E-state index in [1.54, 1.807) is 29.5 Å². The highest BCUT2D eigenvalue weighted by Crippen LogP contribution is 2.13. The Kier molecular flexibility index (Phi) is 2.07. The zero-order valence-electron chi connectivity index (χ0n) is 4.90. The van der Waals surface area contributed by atoms with Crippen LogP contribution in [-0.2, 0) is 9.63 Å². The predicted octanol–water partition coefficient (Wildman–Crippen LogP) is 0.757. The Balaban J connectivity index is 2.78. The van der Waals surface area contributed by atoms with Crippen molar-refractivity contribution in [3.63, 3.8) is 0 Å². The third kappa shape index (κ3) is 1.42. The highest BCUT2D eigenvalue weighted by Gasteiger charge is 2.16. The van der Waals surface area contributed by atoms with Crippen molar-refractivity contribution in [1.82, 2.24) is 5.48 Å². The largest absolute Gasteiger partial charge is 0.413 e. The van der Waals surface area contributed by atoms with Gasteiger partial charge in [0.2, 0.25) is 3.79 Å². The first-order chi connectivity index (χ1) is 4.22. The number of rotatable bonds is 1. The van der Waals surface area contributed by atoms with Gasteiger partial charge in [-0.2, -0.15) is 5.48 Å². The molecule has 0 fully saturated rings. The number of hydrogen-bond donors (Lipinski definition) is 1. The van der Waals surface area contributed by atoms with Crippen molar-refractivity contribution in [1.29, 1.82) is 0 Å². The first-order valence-electron chi connectivity index (χ1n) is 2.51. The van der Waals surface area contributed by atoms with E-state index in [0.717, 1.165) is 5.57 Å². The van der Waals surface area contributed by atoms with Gasteiger partial charge in [-0.3, -0.25) is 4.79 Å². The van der Waals surface area contributed by atoms with Crippen LogP contribution in [0.25, 0.3) is 0 Å². The van der Waals surface area contributed by atoms with Crippen LogP contribution in [-0.4, -0.2) is 10.3 Å². The molecule has 0 radical (unpaired) electrons. The molecular weight excluding hydrogens is 233 g/mol. The third-order valence-corrected chi connectivity index (χ3v) is 1.79. The van der Waals surface area contributed by atoms with Crippen LogP contribution in [0.4, 0.5) is 0 Å². The number of halogens is 1. The summed E-state index contributed by atoms with van der Waals surface area (Å²) >= 11 is 1.74. The summed E-state index contributed by atoms with van der Waals surface area (Å²) in [5.74, 6) is 0.689. The second kappa shape index (κ2) is 2.66. The molecule has 0 aromatic rings. The molecule has 0 saturated heterocycles. The van der Waals surface area contributed by atoms with Crippen LogP contribution in [0.3, 0.4) is 0 Å². The maximum absolute atomic E-state index is 10.7. The molecule has 1 aliphatic heterocycles. The highest BCUT2D eigenvalue weighted by atomic mass is 127. The van der Waals surface area contributed by atoms with Crippen LogP contribution in [0.2, 0.25) is 0 Å². The van der Waals surface area contributed by atoms with E-state index in [0.29, 0.717) is 12.3 Å². The first kappa shape index (κ1) is 7.01. The molecule has 1 aliphatic rings.